The van der Waals surface area contributed by atoms with Crippen LogP contribution in [0.25, 0.3) is 0 Å². The first-order valence-corrected chi connectivity index (χ1v) is 10.7. The van der Waals surface area contributed by atoms with Crippen LogP contribution in [0.2, 0.25) is 5.02 Å². The van der Waals surface area contributed by atoms with E-state index in [1.165, 1.54) is 46.8 Å². The highest BCUT2D eigenvalue weighted by molar-refractivity contribution is 7.89. The van der Waals surface area contributed by atoms with Crippen molar-refractivity contribution in [1.29, 1.82) is 0 Å². The number of ether oxygens (including phenoxy) is 1. The van der Waals surface area contributed by atoms with Crippen LogP contribution in [-0.4, -0.2) is 44.2 Å². The number of primary amides is 1. The number of hydrogen-bond acceptors (Lipinski definition) is 5. The van der Waals surface area contributed by atoms with Crippen molar-refractivity contribution >= 4 is 39.1 Å². The van der Waals surface area contributed by atoms with Gasteiger partial charge in [0.1, 0.15) is 10.6 Å². The van der Waals surface area contributed by atoms with Gasteiger partial charge in [0.2, 0.25) is 15.9 Å². The Labute approximate surface area is 173 Å². The Hall–Kier alpha value is -2.62. The molecule has 1 saturated heterocycles. The van der Waals surface area contributed by atoms with Gasteiger partial charge in [-0.15, -0.1) is 0 Å². The van der Waals surface area contributed by atoms with E-state index in [4.69, 9.17) is 22.1 Å². The number of nitrogens with zero attached hydrogens (tertiary/aromatic N) is 1. The minimum atomic E-state index is -3.71. The fraction of sp³-hybridized carbons (Fsp3) is 0.263. The summed E-state index contributed by atoms with van der Waals surface area (Å²) < 4.78 is 32.2. The standard InChI is InChI=1S/C19H20ClN3O5S/c20-16-8-5-14(11-17(16)29(26,27)23-9-1-2-10-23)22-18(24)12-28-15-6-3-13(4-7-15)19(21)25/h3-8,11H,1-2,9-10,12H2,(H2,21,25)(H,22,24). The van der Waals surface area contributed by atoms with Gasteiger partial charge in [-0.25, -0.2) is 8.42 Å². The summed E-state index contributed by atoms with van der Waals surface area (Å²) in [4.78, 5) is 23.2. The van der Waals surface area contributed by atoms with E-state index in [9.17, 15) is 18.0 Å². The largest absolute Gasteiger partial charge is 0.484 e. The molecule has 2 aromatic rings. The Kier molecular flexibility index (Phi) is 6.41. The van der Waals surface area contributed by atoms with E-state index in [-0.39, 0.29) is 16.5 Å². The fourth-order valence-corrected chi connectivity index (χ4v) is 4.93. The zero-order valence-electron chi connectivity index (χ0n) is 15.4. The molecule has 154 valence electrons. The van der Waals surface area contributed by atoms with E-state index in [1.807, 2.05) is 0 Å². The molecule has 10 heteroatoms. The number of carbonyl (C=O) groups is 2. The predicted octanol–water partition coefficient (Wildman–Crippen LogP) is 2.24. The molecule has 0 atom stereocenters. The summed E-state index contributed by atoms with van der Waals surface area (Å²) in [7, 11) is -3.71. The van der Waals surface area contributed by atoms with Gasteiger partial charge >= 0.3 is 0 Å². The third-order valence-electron chi connectivity index (χ3n) is 4.41. The first-order valence-electron chi connectivity index (χ1n) is 8.89. The Morgan fingerprint density at radius 3 is 2.38 bits per heavy atom. The summed E-state index contributed by atoms with van der Waals surface area (Å²) in [5.41, 5.74) is 5.79. The van der Waals surface area contributed by atoms with Crippen LogP contribution in [0.3, 0.4) is 0 Å². The second-order valence-electron chi connectivity index (χ2n) is 6.48. The van der Waals surface area contributed by atoms with Crippen LogP contribution >= 0.6 is 11.6 Å². The molecule has 0 unspecified atom stereocenters. The van der Waals surface area contributed by atoms with E-state index in [2.05, 4.69) is 5.32 Å². The summed E-state index contributed by atoms with van der Waals surface area (Å²) >= 11 is 6.10. The van der Waals surface area contributed by atoms with E-state index >= 15 is 0 Å². The predicted molar refractivity (Wildman–Crippen MR) is 109 cm³/mol. The van der Waals surface area contributed by atoms with Gasteiger partial charge in [-0.2, -0.15) is 4.31 Å². The van der Waals surface area contributed by atoms with Crippen molar-refractivity contribution in [3.8, 4) is 5.75 Å². The fourth-order valence-electron chi connectivity index (χ4n) is 2.91. The lowest BCUT2D eigenvalue weighted by Gasteiger charge is -2.17. The molecule has 0 radical (unpaired) electrons. The van der Waals surface area contributed by atoms with E-state index in [0.29, 0.717) is 30.1 Å². The van der Waals surface area contributed by atoms with Crippen molar-refractivity contribution in [3.05, 3.63) is 53.1 Å². The van der Waals surface area contributed by atoms with Crippen LogP contribution in [0, 0.1) is 0 Å². The molecule has 2 aromatic carbocycles. The molecule has 0 aliphatic carbocycles. The molecule has 0 bridgehead atoms. The van der Waals surface area contributed by atoms with Gasteiger partial charge in [-0.05, 0) is 55.3 Å². The monoisotopic (exact) mass is 437 g/mol. The highest BCUT2D eigenvalue weighted by Gasteiger charge is 2.29. The van der Waals surface area contributed by atoms with Gasteiger partial charge in [-0.1, -0.05) is 11.6 Å². The molecular formula is C19H20ClN3O5S. The molecule has 3 rings (SSSR count). The van der Waals surface area contributed by atoms with Crippen molar-refractivity contribution in [3.63, 3.8) is 0 Å². The number of benzene rings is 2. The van der Waals surface area contributed by atoms with Crippen molar-refractivity contribution in [1.82, 2.24) is 4.31 Å². The van der Waals surface area contributed by atoms with Crippen LogP contribution < -0.4 is 15.8 Å². The number of amides is 2. The number of carbonyl (C=O) groups excluding carboxylic acids is 2. The molecule has 29 heavy (non-hydrogen) atoms. The second kappa shape index (κ2) is 8.81. The SMILES string of the molecule is NC(=O)c1ccc(OCC(=O)Nc2ccc(Cl)c(S(=O)(=O)N3CCCC3)c2)cc1. The zero-order valence-corrected chi connectivity index (χ0v) is 17.0. The summed E-state index contributed by atoms with van der Waals surface area (Å²) in [5.74, 6) is -0.647. The van der Waals surface area contributed by atoms with Gasteiger partial charge in [0.05, 0.1) is 5.02 Å². The molecule has 1 aliphatic heterocycles. The molecule has 2 amide bonds. The number of rotatable bonds is 7. The van der Waals surface area contributed by atoms with Crippen LogP contribution in [0.5, 0.6) is 5.75 Å². The number of nitrogens with two attached hydrogens (primary N) is 1. The quantitative estimate of drug-likeness (QED) is 0.688. The number of hydrogen-bond donors (Lipinski definition) is 2. The summed E-state index contributed by atoms with van der Waals surface area (Å²) in [6.45, 7) is 0.613. The third-order valence-corrected chi connectivity index (χ3v) is 6.79. The second-order valence-corrected chi connectivity index (χ2v) is 8.80. The van der Waals surface area contributed by atoms with Gasteiger partial charge in [-0.3, -0.25) is 9.59 Å². The summed E-state index contributed by atoms with van der Waals surface area (Å²) in [6, 6.07) is 10.3. The first-order chi connectivity index (χ1) is 13.8. The van der Waals surface area contributed by atoms with E-state index in [0.717, 1.165) is 12.8 Å². The number of sulfonamides is 1. The van der Waals surface area contributed by atoms with Crippen LogP contribution in [-0.2, 0) is 14.8 Å². The van der Waals surface area contributed by atoms with E-state index < -0.39 is 21.8 Å². The molecule has 1 heterocycles. The average molecular weight is 438 g/mol. The normalized spacial score (nSPS) is 14.5. The summed E-state index contributed by atoms with van der Waals surface area (Å²) in [6.07, 6.45) is 1.62. The first kappa shape index (κ1) is 21.1. The smallest absolute Gasteiger partial charge is 0.262 e. The van der Waals surface area contributed by atoms with Gasteiger partial charge in [0.15, 0.2) is 6.61 Å². The van der Waals surface area contributed by atoms with Crippen LogP contribution in [0.15, 0.2) is 47.4 Å². The Bertz CT molecular complexity index is 1020. The molecule has 3 N–H and O–H groups in total. The number of nitrogens with one attached hydrogen (secondary N) is 1. The molecule has 0 spiro atoms. The van der Waals surface area contributed by atoms with E-state index in [1.54, 1.807) is 0 Å². The molecule has 0 saturated carbocycles. The van der Waals surface area contributed by atoms with Crippen molar-refractivity contribution < 1.29 is 22.7 Å². The highest BCUT2D eigenvalue weighted by atomic mass is 35.5. The number of halogens is 1. The Morgan fingerprint density at radius 2 is 1.76 bits per heavy atom. The van der Waals surface area contributed by atoms with Crippen molar-refractivity contribution in [2.24, 2.45) is 5.73 Å². The Balaban J connectivity index is 1.65. The van der Waals surface area contributed by atoms with Gasteiger partial charge in [0, 0.05) is 24.3 Å². The van der Waals surface area contributed by atoms with Crippen molar-refractivity contribution in [2.75, 3.05) is 25.0 Å². The minimum absolute atomic E-state index is 0.0400. The molecule has 0 aromatic heterocycles. The third kappa shape index (κ3) is 5.06. The Morgan fingerprint density at radius 1 is 1.10 bits per heavy atom. The highest BCUT2D eigenvalue weighted by Crippen LogP contribution is 2.29. The molecule has 8 nitrogen and oxygen atoms in total. The van der Waals surface area contributed by atoms with Crippen LogP contribution in [0.1, 0.15) is 23.2 Å². The lowest BCUT2D eigenvalue weighted by Crippen LogP contribution is -2.28. The molecule has 1 aliphatic rings. The lowest BCUT2D eigenvalue weighted by atomic mass is 10.2. The minimum Gasteiger partial charge on any atom is -0.484 e. The molecular weight excluding hydrogens is 418 g/mol. The van der Waals surface area contributed by atoms with Crippen molar-refractivity contribution in [2.45, 2.75) is 17.7 Å². The average Bonchev–Trinajstić information content (AvgIpc) is 3.24. The maximum Gasteiger partial charge on any atom is 0.262 e. The van der Waals surface area contributed by atoms with Crippen LogP contribution in [0.4, 0.5) is 5.69 Å². The maximum absolute atomic E-state index is 12.8. The summed E-state index contributed by atoms with van der Waals surface area (Å²) in [5, 5.41) is 2.69. The maximum atomic E-state index is 12.8. The van der Waals surface area contributed by atoms with Gasteiger partial charge < -0.3 is 15.8 Å². The zero-order chi connectivity index (χ0) is 21.0. The van der Waals surface area contributed by atoms with Gasteiger partial charge in [0.25, 0.3) is 5.91 Å². The molecule has 1 fully saturated rings. The topological polar surface area (TPSA) is 119 Å². The lowest BCUT2D eigenvalue weighted by molar-refractivity contribution is -0.118. The number of anilines is 1.